The highest BCUT2D eigenvalue weighted by molar-refractivity contribution is 5.33. The monoisotopic (exact) mass is 241 g/mol. The van der Waals surface area contributed by atoms with E-state index in [1.807, 2.05) is 16.8 Å². The van der Waals surface area contributed by atoms with E-state index in [0.717, 1.165) is 25.5 Å². The molecule has 0 atom stereocenters. The Hall–Kier alpha value is -2.03. The van der Waals surface area contributed by atoms with Crippen molar-refractivity contribution in [1.29, 1.82) is 0 Å². The first-order valence-corrected chi connectivity index (χ1v) is 6.27. The van der Waals surface area contributed by atoms with Gasteiger partial charge in [-0.2, -0.15) is 0 Å². The maximum Gasteiger partial charge on any atom is 0.203 e. The summed E-state index contributed by atoms with van der Waals surface area (Å²) in [6.07, 6.45) is 6.68. The molecule has 0 aliphatic heterocycles. The van der Waals surface area contributed by atoms with Gasteiger partial charge in [0.15, 0.2) is 0 Å². The van der Waals surface area contributed by atoms with Crippen LogP contribution in [0.2, 0.25) is 0 Å². The summed E-state index contributed by atoms with van der Waals surface area (Å²) in [6, 6.07) is 8.49. The fourth-order valence-corrected chi connectivity index (χ4v) is 2.01. The lowest BCUT2D eigenvalue weighted by atomic mass is 10.1. The van der Waals surface area contributed by atoms with Crippen LogP contribution in [0.1, 0.15) is 18.1 Å². The predicted molar refractivity (Wildman–Crippen MR) is 75.6 cm³/mol. The quantitative estimate of drug-likeness (QED) is 0.787. The van der Waals surface area contributed by atoms with E-state index < -0.39 is 0 Å². The lowest BCUT2D eigenvalue weighted by Crippen LogP contribution is -2.08. The van der Waals surface area contributed by atoms with Crippen LogP contribution in [0.25, 0.3) is 0 Å². The molecule has 2 rings (SSSR count). The van der Waals surface area contributed by atoms with Gasteiger partial charge < -0.3 is 9.88 Å². The summed E-state index contributed by atoms with van der Waals surface area (Å²) < 4.78 is 2.04. The van der Waals surface area contributed by atoms with Crippen molar-refractivity contribution in [2.75, 3.05) is 5.32 Å². The first-order chi connectivity index (χ1) is 8.85. The minimum atomic E-state index is 0.776. The van der Waals surface area contributed by atoms with Crippen molar-refractivity contribution in [3.63, 3.8) is 0 Å². The van der Waals surface area contributed by atoms with Crippen LogP contribution in [0, 0.1) is 0 Å². The van der Waals surface area contributed by atoms with E-state index in [2.05, 4.69) is 48.1 Å². The number of nitrogens with zero attached hydrogens (tertiary/aromatic N) is 2. The Balaban J connectivity index is 2.06. The highest BCUT2D eigenvalue weighted by Crippen LogP contribution is 2.12. The average molecular weight is 241 g/mol. The largest absolute Gasteiger partial charge is 0.352 e. The van der Waals surface area contributed by atoms with Crippen molar-refractivity contribution in [3.05, 3.63) is 60.4 Å². The van der Waals surface area contributed by atoms with Gasteiger partial charge in [0.25, 0.3) is 0 Å². The number of rotatable bonds is 6. The number of imidazole rings is 1. The van der Waals surface area contributed by atoms with Gasteiger partial charge in [-0.3, -0.25) is 0 Å². The van der Waals surface area contributed by atoms with Crippen LogP contribution in [-0.4, -0.2) is 9.55 Å². The molecule has 0 aliphatic carbocycles. The summed E-state index contributed by atoms with van der Waals surface area (Å²) in [5.41, 5.74) is 2.71. The zero-order chi connectivity index (χ0) is 12.8. The van der Waals surface area contributed by atoms with E-state index >= 15 is 0 Å². The van der Waals surface area contributed by atoms with Crippen LogP contribution in [0.15, 0.2) is 49.3 Å². The normalized spacial score (nSPS) is 10.3. The molecule has 0 bridgehead atoms. The zero-order valence-corrected chi connectivity index (χ0v) is 10.8. The Morgan fingerprint density at radius 1 is 1.33 bits per heavy atom. The molecule has 2 aromatic rings. The number of hydrogen-bond donors (Lipinski definition) is 1. The third kappa shape index (κ3) is 2.80. The molecule has 1 aromatic heterocycles. The number of aryl methyl sites for hydroxylation is 1. The van der Waals surface area contributed by atoms with Gasteiger partial charge >= 0.3 is 0 Å². The molecule has 0 saturated carbocycles. The van der Waals surface area contributed by atoms with Gasteiger partial charge in [0, 0.05) is 25.5 Å². The van der Waals surface area contributed by atoms with Crippen molar-refractivity contribution < 1.29 is 0 Å². The Kier molecular flexibility index (Phi) is 4.18. The Bertz CT molecular complexity index is 514. The Morgan fingerprint density at radius 3 is 2.83 bits per heavy atom. The SMILES string of the molecule is C=CCn1ccnc1NCc1ccccc1CC. The lowest BCUT2D eigenvalue weighted by molar-refractivity contribution is 0.819. The smallest absolute Gasteiger partial charge is 0.203 e. The van der Waals surface area contributed by atoms with Gasteiger partial charge in [-0.05, 0) is 17.5 Å². The first-order valence-electron chi connectivity index (χ1n) is 6.27. The standard InChI is InChI=1S/C15H19N3/c1-3-10-18-11-9-16-15(18)17-12-14-8-6-5-7-13(14)4-2/h3,5-9,11H,1,4,10,12H2,2H3,(H,16,17). The van der Waals surface area contributed by atoms with Gasteiger partial charge in [0.1, 0.15) is 0 Å². The highest BCUT2D eigenvalue weighted by atomic mass is 15.2. The fourth-order valence-electron chi connectivity index (χ4n) is 2.01. The molecule has 94 valence electrons. The summed E-state index contributed by atoms with van der Waals surface area (Å²) in [5.74, 6) is 0.890. The van der Waals surface area contributed by atoms with Gasteiger partial charge in [0.2, 0.25) is 5.95 Å². The number of benzene rings is 1. The third-order valence-electron chi connectivity index (χ3n) is 2.98. The van der Waals surface area contributed by atoms with Crippen molar-refractivity contribution in [2.45, 2.75) is 26.4 Å². The van der Waals surface area contributed by atoms with Crippen molar-refractivity contribution in [3.8, 4) is 0 Å². The van der Waals surface area contributed by atoms with Gasteiger partial charge in [-0.15, -0.1) is 6.58 Å². The average Bonchev–Trinajstić information content (AvgIpc) is 2.84. The molecule has 18 heavy (non-hydrogen) atoms. The molecular formula is C15H19N3. The van der Waals surface area contributed by atoms with Crippen LogP contribution in [0.5, 0.6) is 0 Å². The number of allylic oxidation sites excluding steroid dienone is 1. The molecule has 1 N–H and O–H groups in total. The second-order valence-corrected chi connectivity index (χ2v) is 4.17. The van der Waals surface area contributed by atoms with Gasteiger partial charge in [0.05, 0.1) is 0 Å². The maximum absolute atomic E-state index is 4.31. The predicted octanol–water partition coefficient (Wildman–Crippen LogP) is 3.24. The molecule has 0 fully saturated rings. The summed E-state index contributed by atoms with van der Waals surface area (Å²) in [7, 11) is 0. The van der Waals surface area contributed by atoms with Crippen LogP contribution < -0.4 is 5.32 Å². The highest BCUT2D eigenvalue weighted by Gasteiger charge is 2.03. The Morgan fingerprint density at radius 2 is 2.11 bits per heavy atom. The van der Waals surface area contributed by atoms with Crippen molar-refractivity contribution >= 4 is 5.95 Å². The summed E-state index contributed by atoms with van der Waals surface area (Å²) in [6.45, 7) is 7.50. The van der Waals surface area contributed by atoms with Crippen LogP contribution >= 0.6 is 0 Å². The number of hydrogen-bond acceptors (Lipinski definition) is 2. The molecule has 0 amide bonds. The minimum absolute atomic E-state index is 0.776. The fraction of sp³-hybridized carbons (Fsp3) is 0.267. The van der Waals surface area contributed by atoms with Crippen molar-refractivity contribution in [1.82, 2.24) is 9.55 Å². The van der Waals surface area contributed by atoms with E-state index in [9.17, 15) is 0 Å². The third-order valence-corrected chi connectivity index (χ3v) is 2.98. The summed E-state index contributed by atoms with van der Waals surface area (Å²) in [5, 5.41) is 3.37. The lowest BCUT2D eigenvalue weighted by Gasteiger charge is -2.10. The first kappa shape index (κ1) is 12.4. The molecule has 3 heteroatoms. The topological polar surface area (TPSA) is 29.9 Å². The maximum atomic E-state index is 4.31. The number of nitrogens with one attached hydrogen (secondary N) is 1. The van der Waals surface area contributed by atoms with Crippen LogP contribution in [0.4, 0.5) is 5.95 Å². The van der Waals surface area contributed by atoms with Gasteiger partial charge in [-0.1, -0.05) is 37.3 Å². The van der Waals surface area contributed by atoms with Crippen LogP contribution in [-0.2, 0) is 19.5 Å². The van der Waals surface area contributed by atoms with Crippen molar-refractivity contribution in [2.24, 2.45) is 0 Å². The molecule has 1 aromatic carbocycles. The Labute approximate surface area is 108 Å². The zero-order valence-electron chi connectivity index (χ0n) is 10.8. The van der Waals surface area contributed by atoms with E-state index in [1.165, 1.54) is 11.1 Å². The van der Waals surface area contributed by atoms with E-state index in [0.29, 0.717) is 0 Å². The van der Waals surface area contributed by atoms with E-state index in [4.69, 9.17) is 0 Å². The summed E-state index contributed by atoms with van der Waals surface area (Å²) >= 11 is 0. The van der Waals surface area contributed by atoms with Crippen LogP contribution in [0.3, 0.4) is 0 Å². The molecule has 0 spiro atoms. The molecule has 0 unspecified atom stereocenters. The molecule has 3 nitrogen and oxygen atoms in total. The minimum Gasteiger partial charge on any atom is -0.352 e. The summed E-state index contributed by atoms with van der Waals surface area (Å²) in [4.78, 5) is 4.31. The second-order valence-electron chi connectivity index (χ2n) is 4.17. The van der Waals surface area contributed by atoms with Gasteiger partial charge in [-0.25, -0.2) is 4.98 Å². The number of aromatic nitrogens is 2. The second kappa shape index (κ2) is 6.05. The molecule has 1 heterocycles. The molecule has 0 aliphatic rings. The van der Waals surface area contributed by atoms with E-state index in [-0.39, 0.29) is 0 Å². The molecular weight excluding hydrogens is 222 g/mol. The number of anilines is 1. The molecule has 0 saturated heterocycles. The molecule has 0 radical (unpaired) electrons. The van der Waals surface area contributed by atoms with E-state index in [1.54, 1.807) is 6.20 Å².